The highest BCUT2D eigenvalue weighted by molar-refractivity contribution is 5.84. The number of rotatable bonds is 16. The highest BCUT2D eigenvalue weighted by Crippen LogP contribution is 2.55. The van der Waals surface area contributed by atoms with E-state index in [1.54, 1.807) is 11.1 Å². The molecule has 0 heteroatoms. The molecule has 0 amide bonds. The molecular weight excluding hydrogens is 516 g/mol. The van der Waals surface area contributed by atoms with E-state index in [1.165, 1.54) is 134 Å². The molecule has 5 rings (SSSR count). The van der Waals surface area contributed by atoms with E-state index in [4.69, 9.17) is 0 Å². The van der Waals surface area contributed by atoms with E-state index < -0.39 is 0 Å². The van der Waals surface area contributed by atoms with Crippen molar-refractivity contribution in [1.82, 2.24) is 0 Å². The molecule has 0 aromatic heterocycles. The number of benzene rings is 4. The second-order valence-corrected chi connectivity index (χ2v) is 13.4. The van der Waals surface area contributed by atoms with Crippen LogP contribution >= 0.6 is 0 Å². The average Bonchev–Trinajstić information content (AvgIpc) is 3.29. The average molecular weight is 571 g/mol. The van der Waals surface area contributed by atoms with Crippen LogP contribution in [0.2, 0.25) is 0 Å². The molecule has 0 nitrogen and oxygen atoms in total. The summed E-state index contributed by atoms with van der Waals surface area (Å²) in [5.41, 5.74) is 14.2. The summed E-state index contributed by atoms with van der Waals surface area (Å²) in [6.07, 6.45) is 18.8. The smallest absolute Gasteiger partial charge is 0.0215 e. The number of hydrogen-bond donors (Lipinski definition) is 0. The molecule has 0 saturated heterocycles. The van der Waals surface area contributed by atoms with Crippen molar-refractivity contribution in [3.05, 3.63) is 107 Å². The quantitative estimate of drug-likeness (QED) is 0.118. The van der Waals surface area contributed by atoms with E-state index in [-0.39, 0.29) is 5.41 Å². The lowest BCUT2D eigenvalue weighted by atomic mass is 9.70. The maximum absolute atomic E-state index is 2.58. The predicted octanol–water partition coefficient (Wildman–Crippen LogP) is 13.4. The summed E-state index contributed by atoms with van der Waals surface area (Å²) in [7, 11) is 0. The number of unbranched alkanes of at least 4 members (excludes halogenated alkanes) is 10. The van der Waals surface area contributed by atoms with Gasteiger partial charge in [0, 0.05) is 5.41 Å². The molecule has 0 saturated carbocycles. The Morgan fingerprint density at radius 3 is 1.35 bits per heavy atom. The van der Waals surface area contributed by atoms with Gasteiger partial charge in [-0.05, 0) is 77.3 Å². The molecule has 0 fully saturated rings. The molecule has 226 valence electrons. The van der Waals surface area contributed by atoms with Crippen LogP contribution in [0, 0.1) is 13.8 Å². The number of aryl methyl sites for hydroxylation is 2. The van der Waals surface area contributed by atoms with Crippen LogP contribution in [-0.4, -0.2) is 0 Å². The summed E-state index contributed by atoms with van der Waals surface area (Å²) in [5.74, 6) is 0. The molecule has 43 heavy (non-hydrogen) atoms. The maximum Gasteiger partial charge on any atom is 0.0215 e. The summed E-state index contributed by atoms with van der Waals surface area (Å²) in [5, 5.41) is 0. The molecule has 0 spiro atoms. The zero-order valence-corrected chi connectivity index (χ0v) is 27.5. The van der Waals surface area contributed by atoms with Gasteiger partial charge in [0.05, 0.1) is 0 Å². The van der Waals surface area contributed by atoms with Crippen molar-refractivity contribution < 1.29 is 0 Å². The first-order valence-electron chi connectivity index (χ1n) is 17.5. The fourth-order valence-electron chi connectivity index (χ4n) is 7.47. The fourth-order valence-corrected chi connectivity index (χ4v) is 7.47. The number of hydrogen-bond acceptors (Lipinski definition) is 0. The molecule has 0 N–H and O–H groups in total. The van der Waals surface area contributed by atoms with Crippen molar-refractivity contribution in [3.8, 4) is 33.4 Å². The fraction of sp³-hybridized carbons (Fsp3) is 0.442. The predicted molar refractivity (Wildman–Crippen MR) is 189 cm³/mol. The first kappa shape index (κ1) is 31.3. The molecule has 1 aliphatic rings. The lowest BCUT2D eigenvalue weighted by molar-refractivity contribution is 0.398. The number of fused-ring (bicyclic) bond motifs is 3. The Morgan fingerprint density at radius 1 is 0.395 bits per heavy atom. The van der Waals surface area contributed by atoms with E-state index >= 15 is 0 Å². The van der Waals surface area contributed by atoms with Gasteiger partial charge in [-0.1, -0.05) is 181 Å². The summed E-state index contributed by atoms with van der Waals surface area (Å²) >= 11 is 0. The van der Waals surface area contributed by atoms with Crippen LogP contribution < -0.4 is 0 Å². The lowest BCUT2D eigenvalue weighted by Crippen LogP contribution is -2.25. The van der Waals surface area contributed by atoms with Gasteiger partial charge in [0.15, 0.2) is 0 Å². The van der Waals surface area contributed by atoms with Gasteiger partial charge in [0.2, 0.25) is 0 Å². The first-order valence-corrected chi connectivity index (χ1v) is 17.5. The van der Waals surface area contributed by atoms with Crippen LogP contribution in [0.15, 0.2) is 84.9 Å². The Hall–Kier alpha value is -3.12. The minimum absolute atomic E-state index is 0.129. The minimum atomic E-state index is 0.129. The zero-order chi connectivity index (χ0) is 30.1. The summed E-state index contributed by atoms with van der Waals surface area (Å²) in [6, 6.07) is 32.8. The van der Waals surface area contributed by atoms with E-state index in [0.29, 0.717) is 0 Å². The SMILES string of the molecule is CCCCCCCCC1(CCCCCCCC)c2cc(C)ccc2-c2ccc(-c3ccc(-c4ccc(C)cc4)cc3)cc21. The molecule has 0 atom stereocenters. The van der Waals surface area contributed by atoms with Crippen molar-refractivity contribution in [2.45, 2.75) is 123 Å². The van der Waals surface area contributed by atoms with Gasteiger partial charge in [-0.15, -0.1) is 0 Å². The van der Waals surface area contributed by atoms with Crippen LogP contribution in [0.1, 0.15) is 126 Å². The van der Waals surface area contributed by atoms with E-state index in [9.17, 15) is 0 Å². The molecule has 0 heterocycles. The highest BCUT2D eigenvalue weighted by atomic mass is 14.4. The lowest BCUT2D eigenvalue weighted by Gasteiger charge is -2.33. The van der Waals surface area contributed by atoms with Gasteiger partial charge in [0.1, 0.15) is 0 Å². The Kier molecular flexibility index (Phi) is 11.0. The van der Waals surface area contributed by atoms with Crippen LogP contribution in [0.25, 0.3) is 33.4 Å². The Bertz CT molecular complexity index is 1420. The Labute approximate surface area is 263 Å². The topological polar surface area (TPSA) is 0 Å². The van der Waals surface area contributed by atoms with Crippen molar-refractivity contribution in [2.24, 2.45) is 0 Å². The van der Waals surface area contributed by atoms with Crippen LogP contribution in [0.3, 0.4) is 0 Å². The maximum atomic E-state index is 2.58. The summed E-state index contributed by atoms with van der Waals surface area (Å²) < 4.78 is 0. The van der Waals surface area contributed by atoms with Crippen molar-refractivity contribution in [1.29, 1.82) is 0 Å². The molecule has 4 aromatic carbocycles. The van der Waals surface area contributed by atoms with Crippen molar-refractivity contribution in [3.63, 3.8) is 0 Å². The van der Waals surface area contributed by atoms with Gasteiger partial charge < -0.3 is 0 Å². The Morgan fingerprint density at radius 2 is 0.791 bits per heavy atom. The molecule has 0 radical (unpaired) electrons. The first-order chi connectivity index (χ1) is 21.1. The molecule has 4 aromatic rings. The normalized spacial score (nSPS) is 13.2. The molecular formula is C43H54. The van der Waals surface area contributed by atoms with Crippen molar-refractivity contribution in [2.75, 3.05) is 0 Å². The molecule has 0 unspecified atom stereocenters. The molecule has 0 bridgehead atoms. The third-order valence-corrected chi connectivity index (χ3v) is 10.0. The highest BCUT2D eigenvalue weighted by Gasteiger charge is 2.42. The van der Waals surface area contributed by atoms with Gasteiger partial charge in [-0.3, -0.25) is 0 Å². The van der Waals surface area contributed by atoms with E-state index in [0.717, 1.165) is 0 Å². The van der Waals surface area contributed by atoms with E-state index in [2.05, 4.69) is 113 Å². The third kappa shape index (κ3) is 7.34. The van der Waals surface area contributed by atoms with Crippen LogP contribution in [0.5, 0.6) is 0 Å². The monoisotopic (exact) mass is 570 g/mol. The second kappa shape index (κ2) is 15.1. The van der Waals surface area contributed by atoms with Crippen molar-refractivity contribution >= 4 is 0 Å². The molecule has 1 aliphatic carbocycles. The van der Waals surface area contributed by atoms with Crippen LogP contribution in [-0.2, 0) is 5.41 Å². The van der Waals surface area contributed by atoms with Gasteiger partial charge in [-0.25, -0.2) is 0 Å². The zero-order valence-electron chi connectivity index (χ0n) is 27.5. The van der Waals surface area contributed by atoms with Gasteiger partial charge in [0.25, 0.3) is 0 Å². The molecule has 0 aliphatic heterocycles. The Balaban J connectivity index is 1.47. The minimum Gasteiger partial charge on any atom is -0.0654 e. The van der Waals surface area contributed by atoms with Gasteiger partial charge in [-0.2, -0.15) is 0 Å². The summed E-state index contributed by atoms with van der Waals surface area (Å²) in [6.45, 7) is 9.07. The van der Waals surface area contributed by atoms with Crippen LogP contribution in [0.4, 0.5) is 0 Å². The standard InChI is InChI=1S/C43H54/c1-5-7-9-11-13-15-29-43(30-16-14-12-10-8-6-2)41-31-34(4)19-27-39(41)40-28-26-38(32-42(40)43)37-24-22-36(23-25-37)35-20-17-33(3)18-21-35/h17-28,31-32H,5-16,29-30H2,1-4H3. The van der Waals surface area contributed by atoms with E-state index in [1.807, 2.05) is 0 Å². The summed E-state index contributed by atoms with van der Waals surface area (Å²) in [4.78, 5) is 0. The largest absolute Gasteiger partial charge is 0.0654 e. The third-order valence-electron chi connectivity index (χ3n) is 10.0. The van der Waals surface area contributed by atoms with Gasteiger partial charge >= 0.3 is 0 Å². The second-order valence-electron chi connectivity index (χ2n) is 13.4.